The van der Waals surface area contributed by atoms with E-state index in [9.17, 15) is 0 Å². The summed E-state index contributed by atoms with van der Waals surface area (Å²) in [6.07, 6.45) is 4.26. The Kier molecular flexibility index (Phi) is 5.62. The van der Waals surface area contributed by atoms with E-state index in [2.05, 4.69) is 64.5 Å². The van der Waals surface area contributed by atoms with Crippen LogP contribution in [0.4, 0.5) is 0 Å². The lowest BCUT2D eigenvalue weighted by Crippen LogP contribution is -1.88. The highest BCUT2D eigenvalue weighted by molar-refractivity contribution is 9.10. The normalized spacial score (nSPS) is 10.6. The van der Waals surface area contributed by atoms with Crippen molar-refractivity contribution in [2.45, 2.75) is 25.7 Å². The summed E-state index contributed by atoms with van der Waals surface area (Å²) < 4.78 is 1.11. The lowest BCUT2D eigenvalue weighted by atomic mass is 10.0. The summed E-state index contributed by atoms with van der Waals surface area (Å²) in [6.45, 7) is 0.308. The van der Waals surface area contributed by atoms with Gasteiger partial charge >= 0.3 is 0 Å². The molecule has 1 nitrogen and oxygen atoms in total. The van der Waals surface area contributed by atoms with Crippen LogP contribution in [0.1, 0.15) is 24.8 Å². The number of benzene rings is 2. The zero-order chi connectivity index (χ0) is 13.5. The van der Waals surface area contributed by atoms with Gasteiger partial charge in [0.2, 0.25) is 0 Å². The molecule has 0 aliphatic carbocycles. The third kappa shape index (κ3) is 4.48. The molecule has 0 aliphatic heterocycles. The molecule has 0 unspecified atom stereocenters. The number of unbranched alkanes of at least 4 members (excludes halogenated alkanes) is 2. The van der Waals surface area contributed by atoms with Crippen LogP contribution in [0.25, 0.3) is 11.1 Å². The molecule has 0 aliphatic rings. The first-order valence-electron chi connectivity index (χ1n) is 6.75. The molecule has 0 bridgehead atoms. The van der Waals surface area contributed by atoms with Crippen molar-refractivity contribution >= 4 is 15.9 Å². The number of aryl methyl sites for hydroxylation is 1. The van der Waals surface area contributed by atoms with Crippen molar-refractivity contribution in [1.82, 2.24) is 0 Å². The van der Waals surface area contributed by atoms with Crippen molar-refractivity contribution in [3.05, 3.63) is 58.6 Å². The fraction of sp³-hybridized carbons (Fsp3) is 0.294. The first-order chi connectivity index (χ1) is 9.29. The maximum atomic E-state index is 8.74. The first-order valence-corrected chi connectivity index (χ1v) is 7.54. The zero-order valence-electron chi connectivity index (χ0n) is 11.0. The van der Waals surface area contributed by atoms with Gasteiger partial charge in [-0.2, -0.15) is 0 Å². The van der Waals surface area contributed by atoms with Crippen LogP contribution < -0.4 is 0 Å². The number of aliphatic hydroxyl groups excluding tert-OH is 1. The van der Waals surface area contributed by atoms with Crippen molar-refractivity contribution in [2.24, 2.45) is 0 Å². The molecule has 0 heterocycles. The van der Waals surface area contributed by atoms with E-state index in [4.69, 9.17) is 5.11 Å². The average Bonchev–Trinajstić information content (AvgIpc) is 2.45. The SMILES string of the molecule is OCCCCCc1ccc(-c2ccc(Br)cc2)cc1. The molecule has 2 heteroatoms. The van der Waals surface area contributed by atoms with E-state index in [-0.39, 0.29) is 0 Å². The van der Waals surface area contributed by atoms with Crippen LogP contribution >= 0.6 is 15.9 Å². The van der Waals surface area contributed by atoms with Gasteiger partial charge in [-0.15, -0.1) is 0 Å². The minimum Gasteiger partial charge on any atom is -0.396 e. The Labute approximate surface area is 123 Å². The predicted octanol–water partition coefficient (Wildman–Crippen LogP) is 4.82. The minimum atomic E-state index is 0.308. The Bertz CT molecular complexity index is 488. The molecule has 2 rings (SSSR count). The van der Waals surface area contributed by atoms with E-state index in [1.54, 1.807) is 0 Å². The van der Waals surface area contributed by atoms with Gasteiger partial charge in [0.05, 0.1) is 0 Å². The number of hydrogen-bond acceptors (Lipinski definition) is 1. The van der Waals surface area contributed by atoms with Gasteiger partial charge < -0.3 is 5.11 Å². The topological polar surface area (TPSA) is 20.2 Å². The third-order valence-corrected chi connectivity index (χ3v) is 3.78. The van der Waals surface area contributed by atoms with Crippen LogP contribution in [0.5, 0.6) is 0 Å². The van der Waals surface area contributed by atoms with Crippen LogP contribution in [-0.4, -0.2) is 11.7 Å². The largest absolute Gasteiger partial charge is 0.396 e. The Morgan fingerprint density at radius 2 is 1.32 bits per heavy atom. The quantitative estimate of drug-likeness (QED) is 0.757. The van der Waals surface area contributed by atoms with Crippen molar-refractivity contribution in [2.75, 3.05) is 6.61 Å². The van der Waals surface area contributed by atoms with Crippen molar-refractivity contribution < 1.29 is 5.11 Å². The summed E-state index contributed by atoms with van der Waals surface area (Å²) in [6, 6.07) is 17.2. The molecule has 100 valence electrons. The lowest BCUT2D eigenvalue weighted by molar-refractivity contribution is 0.283. The van der Waals surface area contributed by atoms with Crippen LogP contribution in [0.15, 0.2) is 53.0 Å². The van der Waals surface area contributed by atoms with Crippen LogP contribution in [0, 0.1) is 0 Å². The van der Waals surface area contributed by atoms with E-state index in [0.717, 1.165) is 30.2 Å². The second kappa shape index (κ2) is 7.46. The molecule has 19 heavy (non-hydrogen) atoms. The van der Waals surface area contributed by atoms with Crippen LogP contribution in [0.2, 0.25) is 0 Å². The smallest absolute Gasteiger partial charge is 0.0431 e. The number of halogens is 1. The van der Waals surface area contributed by atoms with Crippen molar-refractivity contribution in [3.8, 4) is 11.1 Å². The highest BCUT2D eigenvalue weighted by Crippen LogP contribution is 2.22. The maximum Gasteiger partial charge on any atom is 0.0431 e. The monoisotopic (exact) mass is 318 g/mol. The first kappa shape index (κ1) is 14.3. The molecule has 2 aromatic carbocycles. The van der Waals surface area contributed by atoms with Gasteiger partial charge in [-0.25, -0.2) is 0 Å². The van der Waals surface area contributed by atoms with Crippen LogP contribution in [0.3, 0.4) is 0 Å². The van der Waals surface area contributed by atoms with Gasteiger partial charge in [0.1, 0.15) is 0 Å². The molecule has 0 amide bonds. The Morgan fingerprint density at radius 3 is 1.89 bits per heavy atom. The van der Waals surface area contributed by atoms with Gasteiger partial charge in [-0.1, -0.05) is 58.7 Å². The predicted molar refractivity (Wildman–Crippen MR) is 84.2 cm³/mol. The minimum absolute atomic E-state index is 0.308. The fourth-order valence-corrected chi connectivity index (χ4v) is 2.39. The molecule has 0 fully saturated rings. The molecule has 0 saturated carbocycles. The summed E-state index contributed by atoms with van der Waals surface area (Å²) >= 11 is 3.45. The van der Waals surface area contributed by atoms with E-state index in [0.29, 0.717) is 6.61 Å². The number of rotatable bonds is 6. The van der Waals surface area contributed by atoms with Gasteiger partial charge in [0, 0.05) is 11.1 Å². The lowest BCUT2D eigenvalue weighted by Gasteiger charge is -2.05. The van der Waals surface area contributed by atoms with Crippen molar-refractivity contribution in [1.29, 1.82) is 0 Å². The summed E-state index contributed by atoms with van der Waals surface area (Å²) in [5.74, 6) is 0. The second-order valence-corrected chi connectivity index (χ2v) is 5.65. The molecule has 0 aromatic heterocycles. The third-order valence-electron chi connectivity index (χ3n) is 3.26. The molecule has 0 radical (unpaired) electrons. The molecular formula is C17H19BrO. The van der Waals surface area contributed by atoms with Crippen molar-refractivity contribution in [3.63, 3.8) is 0 Å². The fourth-order valence-electron chi connectivity index (χ4n) is 2.12. The van der Waals surface area contributed by atoms with Gasteiger partial charge in [0.15, 0.2) is 0 Å². The standard InChI is InChI=1S/C17H19BrO/c18-17-11-9-16(10-12-17)15-7-5-14(6-8-15)4-2-1-3-13-19/h5-12,19H,1-4,13H2. The van der Waals surface area contributed by atoms with Gasteiger partial charge in [-0.3, -0.25) is 0 Å². The number of hydrogen-bond donors (Lipinski definition) is 1. The van der Waals surface area contributed by atoms with Gasteiger partial charge in [0.25, 0.3) is 0 Å². The van der Waals surface area contributed by atoms with E-state index in [1.807, 2.05) is 0 Å². The van der Waals surface area contributed by atoms with E-state index in [1.165, 1.54) is 16.7 Å². The van der Waals surface area contributed by atoms with E-state index >= 15 is 0 Å². The highest BCUT2D eigenvalue weighted by atomic mass is 79.9. The highest BCUT2D eigenvalue weighted by Gasteiger charge is 1.98. The molecule has 0 saturated heterocycles. The number of aliphatic hydroxyl groups is 1. The van der Waals surface area contributed by atoms with E-state index < -0.39 is 0 Å². The average molecular weight is 319 g/mol. The molecule has 1 N–H and O–H groups in total. The zero-order valence-corrected chi connectivity index (χ0v) is 12.6. The van der Waals surface area contributed by atoms with Crippen LogP contribution in [-0.2, 0) is 6.42 Å². The molecular weight excluding hydrogens is 300 g/mol. The second-order valence-electron chi connectivity index (χ2n) is 4.74. The Balaban J connectivity index is 1.96. The summed E-state index contributed by atoms with van der Waals surface area (Å²) in [5.41, 5.74) is 3.88. The maximum absolute atomic E-state index is 8.74. The molecule has 2 aromatic rings. The van der Waals surface area contributed by atoms with Gasteiger partial charge in [-0.05, 0) is 48.1 Å². The molecule has 0 atom stereocenters. The summed E-state index contributed by atoms with van der Waals surface area (Å²) in [4.78, 5) is 0. The summed E-state index contributed by atoms with van der Waals surface area (Å²) in [7, 11) is 0. The Morgan fingerprint density at radius 1 is 0.737 bits per heavy atom. The molecule has 0 spiro atoms. The Hall–Kier alpha value is -1.12. The summed E-state index contributed by atoms with van der Waals surface area (Å²) in [5, 5.41) is 8.74.